The number of benzene rings is 1. The summed E-state index contributed by atoms with van der Waals surface area (Å²) in [7, 11) is 0. The summed E-state index contributed by atoms with van der Waals surface area (Å²) in [5.74, 6) is 2.68. The van der Waals surface area contributed by atoms with E-state index in [9.17, 15) is 4.79 Å². The summed E-state index contributed by atoms with van der Waals surface area (Å²) < 4.78 is 0. The fraction of sp³-hybridized carbons (Fsp3) is 0.667. The number of rotatable bonds is 5. The Kier molecular flexibility index (Phi) is 4.16. The molecule has 0 spiro atoms. The van der Waals surface area contributed by atoms with Crippen LogP contribution in [0, 0.1) is 30.1 Å². The molecule has 1 amide bonds. The second-order valence-corrected chi connectivity index (χ2v) is 8.85. The van der Waals surface area contributed by atoms with Crippen LogP contribution in [0.2, 0.25) is 0 Å². The third-order valence-electron chi connectivity index (χ3n) is 7.02. The van der Waals surface area contributed by atoms with Crippen molar-refractivity contribution in [2.24, 2.45) is 23.2 Å². The minimum absolute atomic E-state index is 0.432. The maximum absolute atomic E-state index is 11.5. The molecule has 0 unspecified atom stereocenters. The maximum atomic E-state index is 11.5. The molecule has 0 heterocycles. The van der Waals surface area contributed by atoms with Crippen molar-refractivity contribution >= 4 is 5.91 Å². The molecule has 4 bridgehead atoms. The van der Waals surface area contributed by atoms with E-state index in [4.69, 9.17) is 5.21 Å². The van der Waals surface area contributed by atoms with Crippen LogP contribution < -0.4 is 5.48 Å². The van der Waals surface area contributed by atoms with Gasteiger partial charge in [-0.2, -0.15) is 0 Å². The number of amides is 1. The van der Waals surface area contributed by atoms with Gasteiger partial charge in [-0.05, 0) is 111 Å². The van der Waals surface area contributed by atoms with E-state index in [2.05, 4.69) is 13.0 Å². The second-order valence-electron chi connectivity index (χ2n) is 8.85. The average Bonchev–Trinajstić information content (AvgIpc) is 2.54. The van der Waals surface area contributed by atoms with E-state index in [1.165, 1.54) is 56.9 Å². The first-order chi connectivity index (χ1) is 11.6. The van der Waals surface area contributed by atoms with Gasteiger partial charge in [0.05, 0.1) is 0 Å². The summed E-state index contributed by atoms with van der Waals surface area (Å²) in [6, 6.07) is 5.75. The first kappa shape index (κ1) is 16.1. The van der Waals surface area contributed by atoms with Crippen LogP contribution in [-0.4, -0.2) is 11.1 Å². The summed E-state index contributed by atoms with van der Waals surface area (Å²) in [6.45, 7) is 2.06. The number of nitrogens with one attached hydrogen (secondary N) is 1. The molecule has 2 N–H and O–H groups in total. The Balaban J connectivity index is 1.37. The molecule has 5 rings (SSSR count). The molecule has 3 heteroatoms. The highest BCUT2D eigenvalue weighted by molar-refractivity contribution is 5.93. The van der Waals surface area contributed by atoms with Crippen molar-refractivity contribution in [3.05, 3.63) is 34.9 Å². The highest BCUT2D eigenvalue weighted by Crippen LogP contribution is 2.61. The first-order valence-corrected chi connectivity index (χ1v) is 9.61. The van der Waals surface area contributed by atoms with Crippen LogP contribution in [-0.2, 0) is 6.42 Å². The van der Waals surface area contributed by atoms with Crippen molar-refractivity contribution in [2.45, 2.75) is 64.7 Å². The molecule has 130 valence electrons. The lowest BCUT2D eigenvalue weighted by Gasteiger charge is -2.57. The van der Waals surface area contributed by atoms with Gasteiger partial charge in [0.2, 0.25) is 0 Å². The Morgan fingerprint density at radius 2 is 1.79 bits per heavy atom. The first-order valence-electron chi connectivity index (χ1n) is 9.61. The number of hydroxylamine groups is 1. The van der Waals surface area contributed by atoms with Crippen molar-refractivity contribution < 1.29 is 10.0 Å². The van der Waals surface area contributed by atoms with E-state index in [-0.39, 0.29) is 0 Å². The van der Waals surface area contributed by atoms with Crippen LogP contribution in [0.15, 0.2) is 18.2 Å². The molecule has 4 aliphatic carbocycles. The lowest BCUT2D eigenvalue weighted by atomic mass is 9.48. The standard InChI is InChI=1S/C21H29NO2/c1-14-7-19(20(23)22-24)5-4-18(14)3-2-6-21-11-15-8-16(12-21)10-17(9-15)13-21/h4-5,7,15-17,24H,2-3,6,8-13H2,1H3,(H,22,23). The number of carbonyl (C=O) groups is 1. The summed E-state index contributed by atoms with van der Waals surface area (Å²) in [5.41, 5.74) is 5.40. The molecule has 0 saturated heterocycles. The Morgan fingerprint density at radius 3 is 2.33 bits per heavy atom. The van der Waals surface area contributed by atoms with Crippen molar-refractivity contribution in [3.63, 3.8) is 0 Å². The van der Waals surface area contributed by atoms with Gasteiger partial charge < -0.3 is 0 Å². The molecule has 3 nitrogen and oxygen atoms in total. The zero-order valence-corrected chi connectivity index (χ0v) is 14.7. The number of carbonyl (C=O) groups excluding carboxylic acids is 1. The van der Waals surface area contributed by atoms with Crippen molar-refractivity contribution in [1.82, 2.24) is 5.48 Å². The average molecular weight is 327 g/mol. The minimum atomic E-state index is -0.432. The van der Waals surface area contributed by atoms with E-state index in [0.29, 0.717) is 11.0 Å². The van der Waals surface area contributed by atoms with Crippen LogP contribution in [0.4, 0.5) is 0 Å². The van der Waals surface area contributed by atoms with Crippen LogP contribution in [0.1, 0.15) is 72.9 Å². The topological polar surface area (TPSA) is 49.3 Å². The van der Waals surface area contributed by atoms with E-state index >= 15 is 0 Å². The molecule has 4 aliphatic rings. The Bertz CT molecular complexity index is 601. The lowest BCUT2D eigenvalue weighted by molar-refractivity contribution is -0.0580. The third-order valence-corrected chi connectivity index (χ3v) is 7.02. The van der Waals surface area contributed by atoms with Crippen molar-refractivity contribution in [2.75, 3.05) is 0 Å². The summed E-state index contributed by atoms with van der Waals surface area (Å²) in [5, 5.41) is 8.74. The van der Waals surface area contributed by atoms with Gasteiger partial charge in [-0.3, -0.25) is 10.0 Å². The molecule has 0 aliphatic heterocycles. The SMILES string of the molecule is Cc1cc(C(=O)NO)ccc1CCCC12CC3CC(CC(C3)C1)C2. The Labute approximate surface area is 144 Å². The van der Waals surface area contributed by atoms with Gasteiger partial charge in [-0.25, -0.2) is 5.48 Å². The quantitative estimate of drug-likeness (QED) is 0.611. The van der Waals surface area contributed by atoms with Gasteiger partial charge >= 0.3 is 0 Å². The predicted octanol–water partition coefficient (Wildman–Crippen LogP) is 4.65. The monoisotopic (exact) mass is 327 g/mol. The number of hydrogen-bond donors (Lipinski definition) is 2. The van der Waals surface area contributed by atoms with Crippen LogP contribution in [0.5, 0.6) is 0 Å². The summed E-state index contributed by atoms with van der Waals surface area (Å²) >= 11 is 0. The summed E-state index contributed by atoms with van der Waals surface area (Å²) in [6.07, 6.45) is 12.8. The highest BCUT2D eigenvalue weighted by Gasteiger charge is 2.50. The molecule has 0 atom stereocenters. The predicted molar refractivity (Wildman–Crippen MR) is 94.0 cm³/mol. The minimum Gasteiger partial charge on any atom is -0.288 e. The van der Waals surface area contributed by atoms with E-state index in [0.717, 1.165) is 29.7 Å². The van der Waals surface area contributed by atoms with Gasteiger partial charge in [0.25, 0.3) is 5.91 Å². The zero-order valence-electron chi connectivity index (χ0n) is 14.7. The van der Waals surface area contributed by atoms with Gasteiger partial charge in [-0.15, -0.1) is 0 Å². The van der Waals surface area contributed by atoms with Gasteiger partial charge in [-0.1, -0.05) is 6.07 Å². The summed E-state index contributed by atoms with van der Waals surface area (Å²) in [4.78, 5) is 11.5. The maximum Gasteiger partial charge on any atom is 0.274 e. The van der Waals surface area contributed by atoms with Gasteiger partial charge in [0.15, 0.2) is 0 Å². The van der Waals surface area contributed by atoms with Crippen LogP contribution >= 0.6 is 0 Å². The third kappa shape index (κ3) is 2.99. The molecule has 4 saturated carbocycles. The fourth-order valence-corrected chi connectivity index (χ4v) is 6.43. The Morgan fingerprint density at radius 1 is 1.17 bits per heavy atom. The molecule has 1 aromatic rings. The Hall–Kier alpha value is -1.35. The smallest absolute Gasteiger partial charge is 0.274 e. The molecular weight excluding hydrogens is 298 g/mol. The molecule has 24 heavy (non-hydrogen) atoms. The van der Waals surface area contributed by atoms with Gasteiger partial charge in [0.1, 0.15) is 0 Å². The zero-order chi connectivity index (χ0) is 16.7. The number of hydrogen-bond acceptors (Lipinski definition) is 2. The molecule has 0 radical (unpaired) electrons. The lowest BCUT2D eigenvalue weighted by Crippen LogP contribution is -2.45. The van der Waals surface area contributed by atoms with E-state index in [1.54, 1.807) is 5.48 Å². The highest BCUT2D eigenvalue weighted by atomic mass is 16.5. The molecule has 1 aromatic carbocycles. The van der Waals surface area contributed by atoms with E-state index in [1.807, 2.05) is 12.1 Å². The molecule has 0 aromatic heterocycles. The van der Waals surface area contributed by atoms with Crippen LogP contribution in [0.25, 0.3) is 0 Å². The van der Waals surface area contributed by atoms with E-state index < -0.39 is 5.91 Å². The molecule has 4 fully saturated rings. The van der Waals surface area contributed by atoms with Crippen LogP contribution in [0.3, 0.4) is 0 Å². The fourth-order valence-electron chi connectivity index (χ4n) is 6.43. The normalized spacial score (nSPS) is 33.7. The second kappa shape index (κ2) is 6.18. The van der Waals surface area contributed by atoms with Crippen molar-refractivity contribution in [3.8, 4) is 0 Å². The number of aryl methyl sites for hydroxylation is 2. The molecular formula is C21H29NO2. The van der Waals surface area contributed by atoms with Crippen molar-refractivity contribution in [1.29, 1.82) is 0 Å². The van der Waals surface area contributed by atoms with Gasteiger partial charge in [0, 0.05) is 5.56 Å². The largest absolute Gasteiger partial charge is 0.288 e.